The zero-order chi connectivity index (χ0) is 7.56. The van der Waals surface area contributed by atoms with E-state index in [1.807, 2.05) is 0 Å². The molecule has 64 valence electrons. The van der Waals surface area contributed by atoms with Gasteiger partial charge >= 0.3 is 0 Å². The Morgan fingerprint density at radius 2 is 2.36 bits per heavy atom. The first kappa shape index (κ1) is 10.3. The Hall–Kier alpha value is -0.650. The van der Waals surface area contributed by atoms with Crippen molar-refractivity contribution in [3.05, 3.63) is 11.7 Å². The van der Waals surface area contributed by atoms with E-state index in [-0.39, 0.29) is 24.9 Å². The molecule has 0 aliphatic rings. The number of nitrogens with zero attached hydrogens (tertiary/aromatic N) is 2. The van der Waals surface area contributed by atoms with Gasteiger partial charge < -0.3 is 15.4 Å². The average molecular weight is 180 g/mol. The van der Waals surface area contributed by atoms with Crippen LogP contribution in [0.4, 0.5) is 0 Å². The highest BCUT2D eigenvalue weighted by atomic mass is 35.5. The van der Waals surface area contributed by atoms with Crippen molar-refractivity contribution in [2.45, 2.75) is 13.0 Å². The summed E-state index contributed by atoms with van der Waals surface area (Å²) in [5.41, 5.74) is 5.36. The van der Waals surface area contributed by atoms with Crippen LogP contribution in [0.3, 0.4) is 0 Å². The summed E-state index contributed by atoms with van der Waals surface area (Å²) in [6.45, 7) is 1.51. The van der Waals surface area contributed by atoms with Gasteiger partial charge in [-0.1, -0.05) is 5.16 Å². The lowest BCUT2D eigenvalue weighted by atomic mass is 10.3. The molecule has 0 aromatic carbocycles. The minimum atomic E-state index is -0.554. The molecule has 1 aromatic heterocycles. The third kappa shape index (κ3) is 2.45. The van der Waals surface area contributed by atoms with Crippen molar-refractivity contribution in [1.29, 1.82) is 0 Å². The molecule has 0 amide bonds. The second-order valence-corrected chi connectivity index (χ2v) is 1.97. The Morgan fingerprint density at radius 1 is 1.73 bits per heavy atom. The number of rotatable bonds is 2. The molecule has 11 heavy (non-hydrogen) atoms. The highest BCUT2D eigenvalue weighted by Gasteiger charge is 2.10. The van der Waals surface area contributed by atoms with Crippen molar-refractivity contribution in [2.75, 3.05) is 6.61 Å². The SMILES string of the molecule is Cc1noc([C@H](N)CO)n1.Cl. The maximum absolute atomic E-state index is 8.54. The van der Waals surface area contributed by atoms with E-state index in [1.54, 1.807) is 6.92 Å². The highest BCUT2D eigenvalue weighted by molar-refractivity contribution is 5.85. The van der Waals surface area contributed by atoms with Crippen LogP contribution in [0.5, 0.6) is 0 Å². The van der Waals surface area contributed by atoms with Crippen molar-refractivity contribution in [2.24, 2.45) is 5.73 Å². The van der Waals surface area contributed by atoms with Crippen molar-refractivity contribution >= 4 is 12.4 Å². The van der Waals surface area contributed by atoms with Gasteiger partial charge in [-0.15, -0.1) is 12.4 Å². The second kappa shape index (κ2) is 4.27. The number of nitrogens with two attached hydrogens (primary N) is 1. The minimum absolute atomic E-state index is 0. The number of hydrogen-bond acceptors (Lipinski definition) is 5. The molecule has 1 rings (SSSR count). The van der Waals surface area contributed by atoms with Crippen molar-refractivity contribution in [3.8, 4) is 0 Å². The van der Waals surface area contributed by atoms with E-state index in [1.165, 1.54) is 0 Å². The van der Waals surface area contributed by atoms with E-state index >= 15 is 0 Å². The third-order valence-electron chi connectivity index (χ3n) is 1.06. The molecule has 0 unspecified atom stereocenters. The van der Waals surface area contributed by atoms with Gasteiger partial charge in [-0.3, -0.25) is 0 Å². The number of aliphatic hydroxyl groups excluding tert-OH is 1. The number of halogens is 1. The van der Waals surface area contributed by atoms with Crippen LogP contribution >= 0.6 is 12.4 Å². The fourth-order valence-corrected chi connectivity index (χ4v) is 0.542. The van der Waals surface area contributed by atoms with Gasteiger partial charge in [0.1, 0.15) is 6.04 Å². The Labute approximate surface area is 70.0 Å². The van der Waals surface area contributed by atoms with E-state index in [4.69, 9.17) is 10.8 Å². The molecule has 3 N–H and O–H groups in total. The summed E-state index contributed by atoms with van der Waals surface area (Å²) in [4.78, 5) is 3.82. The molecule has 0 aliphatic heterocycles. The van der Waals surface area contributed by atoms with Crippen LogP contribution in [0.2, 0.25) is 0 Å². The predicted octanol–water partition coefficient (Wildman–Crippen LogP) is -0.208. The van der Waals surface area contributed by atoms with E-state index in [0.29, 0.717) is 5.82 Å². The molecule has 0 saturated carbocycles. The smallest absolute Gasteiger partial charge is 0.245 e. The summed E-state index contributed by atoms with van der Waals surface area (Å²) in [6.07, 6.45) is 0. The molecule has 0 aliphatic carbocycles. The molecule has 0 bridgehead atoms. The van der Waals surface area contributed by atoms with Crippen LogP contribution in [0.15, 0.2) is 4.52 Å². The summed E-state index contributed by atoms with van der Waals surface area (Å²) >= 11 is 0. The number of aliphatic hydroxyl groups is 1. The molecular formula is C5H10ClN3O2. The van der Waals surface area contributed by atoms with Crippen LogP contribution in [0.25, 0.3) is 0 Å². The maximum Gasteiger partial charge on any atom is 0.245 e. The molecule has 0 spiro atoms. The van der Waals surface area contributed by atoms with Crippen LogP contribution < -0.4 is 5.73 Å². The molecule has 0 radical (unpaired) electrons. The minimum Gasteiger partial charge on any atom is -0.394 e. The lowest BCUT2D eigenvalue weighted by Gasteiger charge is -1.97. The summed E-state index contributed by atoms with van der Waals surface area (Å²) in [5, 5.41) is 12.1. The van der Waals surface area contributed by atoms with Crippen molar-refractivity contribution in [1.82, 2.24) is 10.1 Å². The Morgan fingerprint density at radius 3 is 2.73 bits per heavy atom. The fourth-order valence-electron chi connectivity index (χ4n) is 0.542. The van der Waals surface area contributed by atoms with Gasteiger partial charge in [-0.2, -0.15) is 4.98 Å². The highest BCUT2D eigenvalue weighted by Crippen LogP contribution is 2.04. The van der Waals surface area contributed by atoms with E-state index in [2.05, 4.69) is 14.7 Å². The average Bonchev–Trinajstić information content (AvgIpc) is 2.34. The van der Waals surface area contributed by atoms with Gasteiger partial charge in [0.05, 0.1) is 6.61 Å². The molecule has 1 aromatic rings. The summed E-state index contributed by atoms with van der Waals surface area (Å²) < 4.78 is 4.67. The fraction of sp³-hybridized carbons (Fsp3) is 0.600. The Bertz CT molecular complexity index is 215. The van der Waals surface area contributed by atoms with Gasteiger partial charge in [0, 0.05) is 0 Å². The first-order valence-corrected chi connectivity index (χ1v) is 2.90. The standard InChI is InChI=1S/C5H9N3O2.ClH/c1-3-7-5(10-8-3)4(6)2-9;/h4,9H,2,6H2,1H3;1H/t4-;/m1./s1. The summed E-state index contributed by atoms with van der Waals surface area (Å²) in [7, 11) is 0. The Kier molecular flexibility index (Phi) is 4.02. The van der Waals surface area contributed by atoms with Crippen LogP contribution in [-0.2, 0) is 0 Å². The molecule has 1 heterocycles. The van der Waals surface area contributed by atoms with Crippen molar-refractivity contribution in [3.63, 3.8) is 0 Å². The van der Waals surface area contributed by atoms with Crippen LogP contribution in [-0.4, -0.2) is 21.9 Å². The molecular weight excluding hydrogens is 170 g/mol. The number of hydrogen-bond donors (Lipinski definition) is 2. The van der Waals surface area contributed by atoms with Gasteiger partial charge in [0.15, 0.2) is 5.82 Å². The summed E-state index contributed by atoms with van der Waals surface area (Å²) in [6, 6.07) is -0.554. The maximum atomic E-state index is 8.54. The van der Waals surface area contributed by atoms with Gasteiger partial charge in [0.2, 0.25) is 5.89 Å². The normalized spacial score (nSPS) is 12.3. The van der Waals surface area contributed by atoms with Crippen LogP contribution in [0.1, 0.15) is 17.8 Å². The van der Waals surface area contributed by atoms with Gasteiger partial charge in [0.25, 0.3) is 0 Å². The molecule has 1 atom stereocenters. The summed E-state index contributed by atoms with van der Waals surface area (Å²) in [5.74, 6) is 0.805. The zero-order valence-electron chi connectivity index (χ0n) is 6.02. The quantitative estimate of drug-likeness (QED) is 0.657. The molecule has 5 nitrogen and oxygen atoms in total. The lowest BCUT2D eigenvalue weighted by Crippen LogP contribution is -2.14. The van der Waals surface area contributed by atoms with Gasteiger partial charge in [-0.25, -0.2) is 0 Å². The van der Waals surface area contributed by atoms with Crippen LogP contribution in [0, 0.1) is 6.92 Å². The van der Waals surface area contributed by atoms with Gasteiger partial charge in [-0.05, 0) is 6.92 Å². The van der Waals surface area contributed by atoms with Crippen molar-refractivity contribution < 1.29 is 9.63 Å². The number of aromatic nitrogens is 2. The number of aryl methyl sites for hydroxylation is 1. The monoisotopic (exact) mass is 179 g/mol. The largest absolute Gasteiger partial charge is 0.394 e. The van der Waals surface area contributed by atoms with E-state index < -0.39 is 6.04 Å². The Balaban J connectivity index is 0.000001000. The molecule has 6 heteroatoms. The third-order valence-corrected chi connectivity index (χ3v) is 1.06. The lowest BCUT2D eigenvalue weighted by molar-refractivity contribution is 0.236. The zero-order valence-corrected chi connectivity index (χ0v) is 6.84. The first-order valence-electron chi connectivity index (χ1n) is 2.90. The first-order chi connectivity index (χ1) is 4.74. The molecule has 0 fully saturated rings. The predicted molar refractivity (Wildman–Crippen MR) is 40.3 cm³/mol. The second-order valence-electron chi connectivity index (χ2n) is 1.97. The van der Waals surface area contributed by atoms with E-state index in [0.717, 1.165) is 0 Å². The molecule has 0 saturated heterocycles. The van der Waals surface area contributed by atoms with E-state index in [9.17, 15) is 0 Å². The topological polar surface area (TPSA) is 85.2 Å².